The van der Waals surface area contributed by atoms with Crippen LogP contribution in [-0.2, 0) is 14.3 Å². The van der Waals surface area contributed by atoms with Gasteiger partial charge in [-0.15, -0.1) is 0 Å². The highest BCUT2D eigenvalue weighted by Crippen LogP contribution is 2.40. The first-order valence-corrected chi connectivity index (χ1v) is 16.1. The molecule has 0 radical (unpaired) electrons. The van der Waals surface area contributed by atoms with Crippen LogP contribution in [0.2, 0.25) is 0 Å². The van der Waals surface area contributed by atoms with Crippen LogP contribution in [0.15, 0.2) is 55.0 Å². The van der Waals surface area contributed by atoms with Gasteiger partial charge in [-0.2, -0.15) is 5.10 Å². The molecule has 0 bridgehead atoms. The fourth-order valence-electron chi connectivity index (χ4n) is 6.82. The SMILES string of the molecule is O=C1CCC(N2C(=O)c3ccc(NCCCC4CC(n5cc(-c6cnc7ccc(NC8COC8)cc7n6)cn5)C4)cc3C2=O)C(=O)N1. The Kier molecular flexibility index (Phi) is 7.39. The molecule has 13 heteroatoms. The Morgan fingerprint density at radius 2 is 1.77 bits per heavy atom. The van der Waals surface area contributed by atoms with E-state index in [-0.39, 0.29) is 24.0 Å². The molecule has 3 fully saturated rings. The summed E-state index contributed by atoms with van der Waals surface area (Å²) in [6.07, 6.45) is 10.1. The number of amides is 4. The first kappa shape index (κ1) is 29.2. The van der Waals surface area contributed by atoms with E-state index in [9.17, 15) is 19.2 Å². The molecule has 3 aliphatic heterocycles. The first-order valence-electron chi connectivity index (χ1n) is 16.1. The molecule has 240 valence electrons. The highest BCUT2D eigenvalue weighted by Gasteiger charge is 2.44. The van der Waals surface area contributed by atoms with Crippen LogP contribution >= 0.6 is 0 Å². The minimum absolute atomic E-state index is 0.0955. The van der Waals surface area contributed by atoms with Crippen molar-refractivity contribution in [3.05, 3.63) is 66.1 Å². The number of hydrogen-bond donors (Lipinski definition) is 3. The van der Waals surface area contributed by atoms with E-state index in [1.54, 1.807) is 24.4 Å². The molecule has 3 N–H and O–H groups in total. The molecule has 0 spiro atoms. The average molecular weight is 635 g/mol. The molecule has 1 saturated carbocycles. The van der Waals surface area contributed by atoms with Crippen molar-refractivity contribution in [2.24, 2.45) is 5.92 Å². The van der Waals surface area contributed by atoms with Crippen LogP contribution in [0.1, 0.15) is 65.3 Å². The number of aromatic nitrogens is 4. The summed E-state index contributed by atoms with van der Waals surface area (Å²) in [5.74, 6) is -1.39. The lowest BCUT2D eigenvalue weighted by Gasteiger charge is -2.35. The van der Waals surface area contributed by atoms with Gasteiger partial charge in [0, 0.05) is 36.1 Å². The Balaban J connectivity index is 0.813. The largest absolute Gasteiger partial charge is 0.385 e. The molecule has 5 heterocycles. The second kappa shape index (κ2) is 11.9. The highest BCUT2D eigenvalue weighted by atomic mass is 16.5. The van der Waals surface area contributed by atoms with Crippen molar-refractivity contribution in [2.45, 2.75) is 56.7 Å². The van der Waals surface area contributed by atoms with E-state index in [1.165, 1.54) is 0 Å². The lowest BCUT2D eigenvalue weighted by molar-refractivity contribution is -0.136. The number of benzene rings is 2. The Bertz CT molecular complexity index is 1910. The molecule has 2 aromatic carbocycles. The lowest BCUT2D eigenvalue weighted by Crippen LogP contribution is -2.54. The van der Waals surface area contributed by atoms with Gasteiger partial charge in [0.15, 0.2) is 0 Å². The molecular formula is C34H34N8O5. The predicted octanol–water partition coefficient (Wildman–Crippen LogP) is 3.55. The van der Waals surface area contributed by atoms with Crippen molar-refractivity contribution >= 4 is 46.0 Å². The quantitative estimate of drug-likeness (QED) is 0.174. The second-order valence-corrected chi connectivity index (χ2v) is 12.8. The van der Waals surface area contributed by atoms with E-state index >= 15 is 0 Å². The normalized spacial score (nSPS) is 22.6. The van der Waals surface area contributed by atoms with Crippen LogP contribution in [0.25, 0.3) is 22.3 Å². The third kappa shape index (κ3) is 5.60. The monoisotopic (exact) mass is 634 g/mol. The van der Waals surface area contributed by atoms with Crippen LogP contribution in [0, 0.1) is 5.92 Å². The van der Waals surface area contributed by atoms with Crippen LogP contribution in [0.4, 0.5) is 11.4 Å². The van der Waals surface area contributed by atoms with E-state index in [0.717, 1.165) is 84.0 Å². The molecule has 2 aromatic heterocycles. The number of carbonyl (C=O) groups excluding carboxylic acids is 4. The van der Waals surface area contributed by atoms with E-state index in [4.69, 9.17) is 9.72 Å². The molecule has 8 rings (SSSR count). The Morgan fingerprint density at radius 1 is 0.936 bits per heavy atom. The van der Waals surface area contributed by atoms with Gasteiger partial charge in [0.1, 0.15) is 6.04 Å². The van der Waals surface area contributed by atoms with Gasteiger partial charge >= 0.3 is 0 Å². The maximum Gasteiger partial charge on any atom is 0.262 e. The van der Waals surface area contributed by atoms with Gasteiger partial charge in [0.25, 0.3) is 11.8 Å². The smallest absolute Gasteiger partial charge is 0.262 e. The maximum absolute atomic E-state index is 13.1. The zero-order chi connectivity index (χ0) is 32.1. The van der Waals surface area contributed by atoms with Crippen molar-refractivity contribution in [3.63, 3.8) is 0 Å². The summed E-state index contributed by atoms with van der Waals surface area (Å²) < 4.78 is 7.30. The van der Waals surface area contributed by atoms with Gasteiger partial charge in [-0.05, 0) is 74.4 Å². The van der Waals surface area contributed by atoms with Crippen molar-refractivity contribution < 1.29 is 23.9 Å². The topological polar surface area (TPSA) is 160 Å². The number of piperidine rings is 1. The number of anilines is 2. The average Bonchev–Trinajstić information content (AvgIpc) is 3.60. The van der Waals surface area contributed by atoms with E-state index in [0.29, 0.717) is 18.0 Å². The first-order chi connectivity index (χ1) is 22.9. The van der Waals surface area contributed by atoms with Crippen LogP contribution in [0.3, 0.4) is 0 Å². The van der Waals surface area contributed by atoms with E-state index in [2.05, 4.69) is 32.2 Å². The van der Waals surface area contributed by atoms with Crippen molar-refractivity contribution in [1.29, 1.82) is 0 Å². The molecule has 13 nitrogen and oxygen atoms in total. The van der Waals surface area contributed by atoms with Gasteiger partial charge in [0.2, 0.25) is 11.8 Å². The number of ether oxygens (including phenoxy) is 1. The maximum atomic E-state index is 13.1. The van der Waals surface area contributed by atoms with Gasteiger partial charge in [-0.1, -0.05) is 0 Å². The van der Waals surface area contributed by atoms with Crippen molar-refractivity contribution in [2.75, 3.05) is 30.4 Å². The summed E-state index contributed by atoms with van der Waals surface area (Å²) in [5, 5.41) is 13.7. The number of imide groups is 2. The molecule has 4 aromatic rings. The summed E-state index contributed by atoms with van der Waals surface area (Å²) in [6, 6.07) is 10.9. The van der Waals surface area contributed by atoms with Crippen LogP contribution in [-0.4, -0.2) is 80.1 Å². The number of nitrogens with one attached hydrogen (secondary N) is 3. The highest BCUT2D eigenvalue weighted by molar-refractivity contribution is 6.23. The third-order valence-electron chi connectivity index (χ3n) is 9.59. The Labute approximate surface area is 270 Å². The Morgan fingerprint density at radius 3 is 2.57 bits per heavy atom. The molecule has 4 aliphatic rings. The number of nitrogens with zero attached hydrogens (tertiary/aromatic N) is 5. The third-order valence-corrected chi connectivity index (χ3v) is 9.59. The fraction of sp³-hybridized carbons (Fsp3) is 0.382. The summed E-state index contributed by atoms with van der Waals surface area (Å²) in [6.45, 7) is 2.18. The van der Waals surface area contributed by atoms with E-state index < -0.39 is 29.7 Å². The van der Waals surface area contributed by atoms with Crippen molar-refractivity contribution in [1.82, 2.24) is 30.0 Å². The number of rotatable bonds is 10. The van der Waals surface area contributed by atoms with Gasteiger partial charge in [-0.3, -0.25) is 39.1 Å². The van der Waals surface area contributed by atoms with E-state index in [1.807, 2.05) is 29.1 Å². The number of hydrogen-bond acceptors (Lipinski definition) is 10. The lowest BCUT2D eigenvalue weighted by atomic mass is 9.77. The van der Waals surface area contributed by atoms with Crippen LogP contribution < -0.4 is 16.0 Å². The second-order valence-electron chi connectivity index (χ2n) is 12.8. The standard InChI is InChI=1S/C34H34N8O5/c43-31-8-7-30(32(44)40-31)42-33(45)25-5-3-21(12-26(25)34(42)46)35-9-1-2-19-10-24(11-19)41-16-20(14-37-41)29-15-36-27-6-4-22(13-28(27)39-29)38-23-17-47-18-23/h3-6,12-16,19,23-24,30,35,38H,1-2,7-11,17-18H2,(H,40,43,44). The molecule has 2 saturated heterocycles. The van der Waals surface area contributed by atoms with Gasteiger partial charge < -0.3 is 15.4 Å². The summed E-state index contributed by atoms with van der Waals surface area (Å²) in [4.78, 5) is 60.3. The summed E-state index contributed by atoms with van der Waals surface area (Å²) >= 11 is 0. The Hall–Kier alpha value is -5.17. The molecular weight excluding hydrogens is 600 g/mol. The zero-order valence-electron chi connectivity index (χ0n) is 25.6. The number of fused-ring (bicyclic) bond motifs is 2. The molecule has 4 amide bonds. The summed E-state index contributed by atoms with van der Waals surface area (Å²) in [7, 11) is 0. The minimum atomic E-state index is -0.965. The van der Waals surface area contributed by atoms with Crippen molar-refractivity contribution in [3.8, 4) is 11.3 Å². The fourth-order valence-corrected chi connectivity index (χ4v) is 6.82. The minimum Gasteiger partial charge on any atom is -0.385 e. The van der Waals surface area contributed by atoms with Gasteiger partial charge in [0.05, 0.1) is 65.5 Å². The number of carbonyl (C=O) groups is 4. The zero-order valence-corrected chi connectivity index (χ0v) is 25.6. The molecule has 1 atom stereocenters. The van der Waals surface area contributed by atoms with Gasteiger partial charge in [-0.25, -0.2) is 4.98 Å². The molecule has 47 heavy (non-hydrogen) atoms. The predicted molar refractivity (Wildman–Crippen MR) is 172 cm³/mol. The summed E-state index contributed by atoms with van der Waals surface area (Å²) in [5.41, 5.74) is 5.77. The van der Waals surface area contributed by atoms with Crippen LogP contribution in [0.5, 0.6) is 0 Å². The molecule has 1 aliphatic carbocycles. The molecule has 1 unspecified atom stereocenters.